The predicted octanol–water partition coefficient (Wildman–Crippen LogP) is 2.61. The number of ketones is 1. The Bertz CT molecular complexity index is 1390. The molecule has 0 amide bonds. The normalized spacial score (nSPS) is 11.8. The number of aromatic nitrogens is 1. The van der Waals surface area contributed by atoms with Crippen LogP contribution in [-0.4, -0.2) is 34.1 Å². The Morgan fingerprint density at radius 1 is 0.968 bits per heavy atom. The van der Waals surface area contributed by atoms with Gasteiger partial charge in [-0.15, -0.1) is 0 Å². The van der Waals surface area contributed by atoms with E-state index >= 15 is 0 Å². The first-order valence-electron chi connectivity index (χ1n) is 8.78. The summed E-state index contributed by atoms with van der Waals surface area (Å²) >= 11 is 6.03. The largest absolute Gasteiger partial charge is 0.288 e. The highest BCUT2D eigenvalue weighted by molar-refractivity contribution is 7.92. The number of anilines is 1. The Balaban J connectivity index is 2.02. The van der Waals surface area contributed by atoms with Gasteiger partial charge in [-0.25, -0.2) is 16.8 Å². The number of hydrogen-bond acceptors (Lipinski definition) is 6. The number of hydrogen-bond donors (Lipinski definition) is 2. The van der Waals surface area contributed by atoms with Gasteiger partial charge < -0.3 is 0 Å². The fraction of sp³-hybridized carbons (Fsp3) is 0.100. The van der Waals surface area contributed by atoms with Gasteiger partial charge >= 0.3 is 0 Å². The molecule has 3 aromatic rings. The average Bonchev–Trinajstić information content (AvgIpc) is 2.70. The molecule has 0 bridgehead atoms. The molecule has 0 saturated heterocycles. The Kier molecular flexibility index (Phi) is 6.08. The van der Waals surface area contributed by atoms with E-state index in [2.05, 4.69) is 4.72 Å². The Morgan fingerprint density at radius 3 is 2.19 bits per heavy atom. The second-order valence-electron chi connectivity index (χ2n) is 6.72. The molecule has 0 unspecified atom stereocenters. The maximum Gasteiger partial charge on any atom is 0.261 e. The van der Waals surface area contributed by atoms with Gasteiger partial charge in [0.15, 0.2) is 9.84 Å². The second kappa shape index (κ2) is 8.29. The smallest absolute Gasteiger partial charge is 0.261 e. The van der Waals surface area contributed by atoms with Crippen LogP contribution in [0.1, 0.15) is 21.6 Å². The third-order valence-electron chi connectivity index (χ3n) is 4.50. The van der Waals surface area contributed by atoms with Gasteiger partial charge in [0.2, 0.25) is 17.7 Å². The van der Waals surface area contributed by atoms with Gasteiger partial charge in [0.05, 0.1) is 21.0 Å². The Morgan fingerprint density at radius 2 is 1.58 bits per heavy atom. The van der Waals surface area contributed by atoms with Crippen LogP contribution in [0.15, 0.2) is 70.6 Å². The van der Waals surface area contributed by atoms with E-state index in [9.17, 15) is 26.8 Å². The number of pyridine rings is 1. The number of rotatable bonds is 6. The number of benzene rings is 2. The number of halogens is 1. The molecular weight excluding hydrogens is 464 g/mol. The van der Waals surface area contributed by atoms with E-state index in [0.717, 1.165) is 23.1 Å². The summed E-state index contributed by atoms with van der Waals surface area (Å²) in [6, 6.07) is 11.7. The molecule has 1 heterocycles. The molecule has 0 aliphatic carbocycles. The molecule has 0 fully saturated rings. The Labute approximate surface area is 184 Å². The third kappa shape index (κ3) is 4.87. The predicted molar refractivity (Wildman–Crippen MR) is 114 cm³/mol. The first kappa shape index (κ1) is 22.7. The van der Waals surface area contributed by atoms with Crippen molar-refractivity contribution >= 4 is 42.9 Å². The fourth-order valence-corrected chi connectivity index (χ4v) is 4.71. The highest BCUT2D eigenvalue weighted by Gasteiger charge is 2.24. The molecule has 31 heavy (non-hydrogen) atoms. The molecule has 2 N–H and O–H groups in total. The van der Waals surface area contributed by atoms with Crippen LogP contribution in [0.25, 0.3) is 0 Å². The number of nitrogens with zero attached hydrogens (tertiary/aromatic N) is 1. The molecule has 0 aliphatic heterocycles. The van der Waals surface area contributed by atoms with Gasteiger partial charge in [0.25, 0.3) is 10.0 Å². The van der Waals surface area contributed by atoms with E-state index in [1.807, 2.05) is 0 Å². The average molecular weight is 482 g/mol. The maximum atomic E-state index is 13.1. The zero-order valence-corrected chi connectivity index (χ0v) is 18.8. The molecule has 2 aromatic carbocycles. The summed E-state index contributed by atoms with van der Waals surface area (Å²) in [5.41, 5.74) is 0.385. The van der Waals surface area contributed by atoms with Crippen molar-refractivity contribution in [2.24, 2.45) is 0 Å². The lowest BCUT2D eigenvalue weighted by molar-refractivity contribution is -0.908. The molecule has 0 spiro atoms. The van der Waals surface area contributed by atoms with Crippen molar-refractivity contribution in [3.8, 4) is 0 Å². The summed E-state index contributed by atoms with van der Waals surface area (Å²) in [6.07, 6.45) is 2.37. The van der Waals surface area contributed by atoms with Gasteiger partial charge in [-0.2, -0.15) is 0 Å². The van der Waals surface area contributed by atoms with E-state index in [-0.39, 0.29) is 37.3 Å². The van der Waals surface area contributed by atoms with E-state index in [4.69, 9.17) is 11.6 Å². The molecule has 11 heteroatoms. The van der Waals surface area contributed by atoms with Gasteiger partial charge in [-0.1, -0.05) is 11.6 Å². The number of sulfonamides is 1. The minimum atomic E-state index is -4.14. The van der Waals surface area contributed by atoms with Crippen LogP contribution in [0.3, 0.4) is 0 Å². The summed E-state index contributed by atoms with van der Waals surface area (Å²) in [7, 11) is -7.62. The van der Waals surface area contributed by atoms with Gasteiger partial charge in [0, 0.05) is 34.6 Å². The molecular formula is C20H18ClN2O6S2+. The first-order chi connectivity index (χ1) is 14.4. The van der Waals surface area contributed by atoms with Crippen molar-refractivity contribution in [3.63, 3.8) is 0 Å². The van der Waals surface area contributed by atoms with Crippen LogP contribution >= 0.6 is 11.6 Å². The summed E-state index contributed by atoms with van der Waals surface area (Å²) in [6.45, 7) is 1.53. The van der Waals surface area contributed by atoms with E-state index in [0.29, 0.717) is 0 Å². The number of nitrogens with one attached hydrogen (secondary N) is 1. The van der Waals surface area contributed by atoms with Gasteiger partial charge in [-0.3, -0.25) is 14.7 Å². The van der Waals surface area contributed by atoms with Crippen molar-refractivity contribution in [1.82, 2.24) is 0 Å². The van der Waals surface area contributed by atoms with Crippen molar-refractivity contribution in [2.45, 2.75) is 16.7 Å². The van der Waals surface area contributed by atoms with Crippen molar-refractivity contribution in [1.29, 1.82) is 0 Å². The SMILES string of the molecule is Cc1c(C(=O)c2cc(Cl)ccc2NS(=O)(=O)c2ccc(S(C)(=O)=O)cc2)ccc[n+]1O. The minimum Gasteiger partial charge on any atom is -0.288 e. The van der Waals surface area contributed by atoms with Crippen LogP contribution < -0.4 is 9.45 Å². The molecule has 8 nitrogen and oxygen atoms in total. The third-order valence-corrected chi connectivity index (χ3v) is 7.25. The standard InChI is InChI=1S/C20H17ClN2O6S2/c1-13-17(4-3-11-23(13)25)20(24)18-12-14(21)5-10-19(18)22-31(28,29)16-8-6-15(7-9-16)30(2,26)27/h3-12H,1-2H3,(H-,22,24,25)/p+1. The quantitative estimate of drug-likeness (QED) is 0.317. The summed E-state index contributed by atoms with van der Waals surface area (Å²) in [5.74, 6) is -0.548. The van der Waals surface area contributed by atoms with Crippen molar-refractivity contribution in [2.75, 3.05) is 11.0 Å². The topological polar surface area (TPSA) is 121 Å². The monoisotopic (exact) mass is 481 g/mol. The zero-order valence-electron chi connectivity index (χ0n) is 16.4. The summed E-state index contributed by atoms with van der Waals surface area (Å²) in [5, 5.41) is 10.0. The lowest BCUT2D eigenvalue weighted by Gasteiger charge is -2.13. The van der Waals surface area contributed by atoms with Crippen molar-refractivity contribution in [3.05, 3.63) is 82.6 Å². The molecule has 0 radical (unpaired) electrons. The molecule has 0 saturated carbocycles. The number of carbonyl (C=O) groups excluding carboxylic acids is 1. The maximum absolute atomic E-state index is 13.1. The Hall–Kier alpha value is -2.95. The minimum absolute atomic E-state index is 0.0156. The van der Waals surface area contributed by atoms with Crippen LogP contribution in [0.4, 0.5) is 5.69 Å². The van der Waals surface area contributed by atoms with E-state index in [1.165, 1.54) is 55.6 Å². The van der Waals surface area contributed by atoms with Crippen LogP contribution in [0, 0.1) is 6.92 Å². The van der Waals surface area contributed by atoms with Gasteiger partial charge in [0.1, 0.15) is 0 Å². The van der Waals surface area contributed by atoms with Gasteiger partial charge in [-0.05, 0) is 48.5 Å². The molecule has 3 rings (SSSR count). The van der Waals surface area contributed by atoms with E-state index < -0.39 is 25.6 Å². The number of sulfone groups is 1. The molecule has 162 valence electrons. The summed E-state index contributed by atoms with van der Waals surface area (Å²) in [4.78, 5) is 12.9. The van der Waals surface area contributed by atoms with Crippen LogP contribution in [0.2, 0.25) is 5.02 Å². The summed E-state index contributed by atoms with van der Waals surface area (Å²) < 4.78 is 52.0. The van der Waals surface area contributed by atoms with E-state index in [1.54, 1.807) is 0 Å². The molecule has 1 aromatic heterocycles. The lowest BCUT2D eigenvalue weighted by Crippen LogP contribution is -2.35. The highest BCUT2D eigenvalue weighted by atomic mass is 35.5. The first-order valence-corrected chi connectivity index (χ1v) is 12.5. The lowest BCUT2D eigenvalue weighted by atomic mass is 10.0. The molecule has 0 atom stereocenters. The van der Waals surface area contributed by atoms with Crippen LogP contribution in [-0.2, 0) is 19.9 Å². The zero-order chi connectivity index (χ0) is 23.0. The highest BCUT2D eigenvalue weighted by Crippen LogP contribution is 2.27. The fourth-order valence-electron chi connectivity index (χ4n) is 2.82. The van der Waals surface area contributed by atoms with Crippen LogP contribution in [0.5, 0.6) is 0 Å². The number of carbonyl (C=O) groups is 1. The second-order valence-corrected chi connectivity index (χ2v) is 10.9. The molecule has 0 aliphatic rings. The van der Waals surface area contributed by atoms with Crippen molar-refractivity contribution < 1.29 is 31.6 Å².